The zero-order chi connectivity index (χ0) is 9.26. The van der Waals surface area contributed by atoms with Gasteiger partial charge in [-0.05, 0) is 38.0 Å². The molecule has 13 heavy (non-hydrogen) atoms. The molecule has 0 aromatic heterocycles. The maximum atomic E-state index is 5.49. The minimum atomic E-state index is 0.648. The van der Waals surface area contributed by atoms with E-state index in [4.69, 9.17) is 4.74 Å². The fourth-order valence-corrected chi connectivity index (χ4v) is 2.19. The molecule has 1 aliphatic heterocycles. The van der Waals surface area contributed by atoms with E-state index < -0.39 is 0 Å². The second kappa shape index (κ2) is 3.97. The van der Waals surface area contributed by atoms with Gasteiger partial charge in [0, 0.05) is 18.7 Å². The van der Waals surface area contributed by atoms with Crippen LogP contribution in [0.4, 0.5) is 0 Å². The summed E-state index contributed by atoms with van der Waals surface area (Å²) < 4.78 is 5.49. The van der Waals surface area contributed by atoms with Gasteiger partial charge in [0.05, 0.1) is 6.61 Å². The zero-order valence-electron chi connectivity index (χ0n) is 8.75. The summed E-state index contributed by atoms with van der Waals surface area (Å²) in [5.41, 5.74) is 0. The SMILES string of the molecule is CC(N[C@@H]1C[C@H]1C)C1CCCOC1. The highest BCUT2D eigenvalue weighted by Crippen LogP contribution is 2.30. The van der Waals surface area contributed by atoms with Crippen molar-refractivity contribution in [2.24, 2.45) is 11.8 Å². The molecule has 0 aromatic carbocycles. The Labute approximate surface area is 81.0 Å². The highest BCUT2D eigenvalue weighted by molar-refractivity contribution is 4.92. The first-order valence-corrected chi connectivity index (χ1v) is 5.61. The van der Waals surface area contributed by atoms with E-state index in [1.807, 2.05) is 0 Å². The van der Waals surface area contributed by atoms with Crippen molar-refractivity contribution in [2.75, 3.05) is 13.2 Å². The van der Waals surface area contributed by atoms with E-state index >= 15 is 0 Å². The summed E-state index contributed by atoms with van der Waals surface area (Å²) in [6.45, 7) is 6.57. The molecule has 0 bridgehead atoms. The number of rotatable bonds is 3. The van der Waals surface area contributed by atoms with Crippen molar-refractivity contribution in [1.82, 2.24) is 5.32 Å². The molecule has 1 N–H and O–H groups in total. The molecular formula is C11H21NO. The second-order valence-electron chi connectivity index (χ2n) is 4.75. The number of nitrogens with one attached hydrogen (secondary N) is 1. The van der Waals surface area contributed by atoms with E-state index in [-0.39, 0.29) is 0 Å². The van der Waals surface area contributed by atoms with E-state index in [1.165, 1.54) is 19.3 Å². The Morgan fingerprint density at radius 3 is 2.77 bits per heavy atom. The lowest BCUT2D eigenvalue weighted by Crippen LogP contribution is -2.39. The Balaban J connectivity index is 1.72. The summed E-state index contributed by atoms with van der Waals surface area (Å²) in [5.74, 6) is 1.66. The molecule has 0 aromatic rings. The normalized spacial score (nSPS) is 41.5. The summed E-state index contributed by atoms with van der Waals surface area (Å²) in [4.78, 5) is 0. The number of hydrogen-bond acceptors (Lipinski definition) is 2. The van der Waals surface area contributed by atoms with Gasteiger partial charge in [-0.2, -0.15) is 0 Å². The van der Waals surface area contributed by atoms with Crippen LogP contribution in [-0.4, -0.2) is 25.3 Å². The van der Waals surface area contributed by atoms with Gasteiger partial charge in [0.1, 0.15) is 0 Å². The van der Waals surface area contributed by atoms with Crippen LogP contribution in [0, 0.1) is 11.8 Å². The fraction of sp³-hybridized carbons (Fsp3) is 1.00. The summed E-state index contributed by atoms with van der Waals surface area (Å²) in [7, 11) is 0. The summed E-state index contributed by atoms with van der Waals surface area (Å²) >= 11 is 0. The molecule has 0 radical (unpaired) electrons. The van der Waals surface area contributed by atoms with Gasteiger partial charge < -0.3 is 10.1 Å². The lowest BCUT2D eigenvalue weighted by atomic mass is 9.95. The van der Waals surface area contributed by atoms with Crippen LogP contribution in [0.3, 0.4) is 0 Å². The van der Waals surface area contributed by atoms with Gasteiger partial charge >= 0.3 is 0 Å². The van der Waals surface area contributed by atoms with Crippen molar-refractivity contribution in [3.8, 4) is 0 Å². The van der Waals surface area contributed by atoms with Crippen molar-refractivity contribution in [2.45, 2.75) is 45.2 Å². The maximum Gasteiger partial charge on any atom is 0.0509 e. The van der Waals surface area contributed by atoms with E-state index in [0.717, 1.165) is 31.1 Å². The third-order valence-electron chi connectivity index (χ3n) is 3.49. The lowest BCUT2D eigenvalue weighted by molar-refractivity contribution is 0.0415. The minimum Gasteiger partial charge on any atom is -0.381 e. The summed E-state index contributed by atoms with van der Waals surface area (Å²) in [6.07, 6.45) is 3.96. The van der Waals surface area contributed by atoms with Gasteiger partial charge in [0.25, 0.3) is 0 Å². The molecule has 4 atom stereocenters. The van der Waals surface area contributed by atoms with Crippen LogP contribution in [0.1, 0.15) is 33.1 Å². The molecule has 0 amide bonds. The van der Waals surface area contributed by atoms with Gasteiger partial charge in [0.2, 0.25) is 0 Å². The highest BCUT2D eigenvalue weighted by Gasteiger charge is 2.34. The molecule has 1 heterocycles. The molecule has 1 saturated heterocycles. The van der Waals surface area contributed by atoms with Crippen LogP contribution in [0.15, 0.2) is 0 Å². The van der Waals surface area contributed by atoms with Gasteiger partial charge in [-0.15, -0.1) is 0 Å². The van der Waals surface area contributed by atoms with Crippen LogP contribution in [0.5, 0.6) is 0 Å². The van der Waals surface area contributed by atoms with E-state index in [0.29, 0.717) is 6.04 Å². The standard InChI is InChI=1S/C11H21NO/c1-8-6-11(8)12-9(2)10-4-3-5-13-7-10/h8-12H,3-7H2,1-2H3/t8-,9?,10?,11-/m1/s1. The first kappa shape index (κ1) is 9.47. The molecule has 76 valence electrons. The Bertz CT molecular complexity index is 165. The van der Waals surface area contributed by atoms with E-state index in [1.54, 1.807) is 0 Å². The monoisotopic (exact) mass is 183 g/mol. The number of hydrogen-bond donors (Lipinski definition) is 1. The third-order valence-corrected chi connectivity index (χ3v) is 3.49. The van der Waals surface area contributed by atoms with Crippen LogP contribution in [-0.2, 0) is 4.74 Å². The molecule has 1 saturated carbocycles. The smallest absolute Gasteiger partial charge is 0.0509 e. The van der Waals surface area contributed by atoms with Crippen molar-refractivity contribution < 1.29 is 4.74 Å². The molecule has 2 unspecified atom stereocenters. The second-order valence-corrected chi connectivity index (χ2v) is 4.75. The zero-order valence-corrected chi connectivity index (χ0v) is 8.75. The lowest BCUT2D eigenvalue weighted by Gasteiger charge is -2.28. The molecular weight excluding hydrogens is 162 g/mol. The van der Waals surface area contributed by atoms with Crippen molar-refractivity contribution >= 4 is 0 Å². The Kier molecular flexibility index (Phi) is 2.89. The average Bonchev–Trinajstić information content (AvgIpc) is 2.83. The number of ether oxygens (including phenoxy) is 1. The van der Waals surface area contributed by atoms with Crippen LogP contribution in [0.2, 0.25) is 0 Å². The fourth-order valence-electron chi connectivity index (χ4n) is 2.19. The van der Waals surface area contributed by atoms with Crippen molar-refractivity contribution in [1.29, 1.82) is 0 Å². The van der Waals surface area contributed by atoms with Gasteiger partial charge in [-0.25, -0.2) is 0 Å². The predicted octanol–water partition coefficient (Wildman–Crippen LogP) is 1.80. The minimum absolute atomic E-state index is 0.648. The van der Waals surface area contributed by atoms with Crippen LogP contribution >= 0.6 is 0 Å². The average molecular weight is 183 g/mol. The van der Waals surface area contributed by atoms with E-state index in [2.05, 4.69) is 19.2 Å². The topological polar surface area (TPSA) is 21.3 Å². The summed E-state index contributed by atoms with van der Waals surface area (Å²) in [6, 6.07) is 1.45. The first-order chi connectivity index (χ1) is 6.27. The van der Waals surface area contributed by atoms with Crippen LogP contribution in [0.25, 0.3) is 0 Å². The van der Waals surface area contributed by atoms with Gasteiger partial charge in [0.15, 0.2) is 0 Å². The molecule has 2 fully saturated rings. The van der Waals surface area contributed by atoms with Crippen molar-refractivity contribution in [3.63, 3.8) is 0 Å². The van der Waals surface area contributed by atoms with Gasteiger partial charge in [-0.1, -0.05) is 6.92 Å². The molecule has 0 spiro atoms. The molecule has 2 nitrogen and oxygen atoms in total. The quantitative estimate of drug-likeness (QED) is 0.720. The third kappa shape index (κ3) is 2.44. The molecule has 2 aliphatic rings. The Hall–Kier alpha value is -0.0800. The molecule has 2 heteroatoms. The largest absolute Gasteiger partial charge is 0.381 e. The van der Waals surface area contributed by atoms with Gasteiger partial charge in [-0.3, -0.25) is 0 Å². The Morgan fingerprint density at radius 1 is 1.46 bits per heavy atom. The maximum absolute atomic E-state index is 5.49. The van der Waals surface area contributed by atoms with Crippen LogP contribution < -0.4 is 5.32 Å². The van der Waals surface area contributed by atoms with E-state index in [9.17, 15) is 0 Å². The molecule has 1 aliphatic carbocycles. The van der Waals surface area contributed by atoms with Crippen molar-refractivity contribution in [3.05, 3.63) is 0 Å². The molecule has 2 rings (SSSR count). The first-order valence-electron chi connectivity index (χ1n) is 5.61. The Morgan fingerprint density at radius 2 is 2.23 bits per heavy atom. The summed E-state index contributed by atoms with van der Waals surface area (Å²) in [5, 5.41) is 3.69. The highest BCUT2D eigenvalue weighted by atomic mass is 16.5. The predicted molar refractivity (Wildman–Crippen MR) is 53.7 cm³/mol.